The van der Waals surface area contributed by atoms with E-state index in [1.54, 1.807) is 11.3 Å². The van der Waals surface area contributed by atoms with Crippen molar-refractivity contribution >= 4 is 39.1 Å². The largest absolute Gasteiger partial charge is 0.358 e. The maximum atomic E-state index is 4.98. The first-order valence-electron chi connectivity index (χ1n) is 12.5. The lowest BCUT2D eigenvalue weighted by molar-refractivity contribution is 0.649. The minimum Gasteiger partial charge on any atom is -0.358 e. The second-order valence-corrected chi connectivity index (χ2v) is 10.3. The van der Waals surface area contributed by atoms with Gasteiger partial charge in [-0.25, -0.2) is 9.97 Å². The summed E-state index contributed by atoms with van der Waals surface area (Å²) in [6, 6.07) is 14.4. The van der Waals surface area contributed by atoms with Crippen molar-refractivity contribution in [1.82, 2.24) is 30.1 Å². The van der Waals surface area contributed by atoms with Crippen molar-refractivity contribution in [2.45, 2.75) is 25.7 Å². The van der Waals surface area contributed by atoms with Crippen LogP contribution in [0.1, 0.15) is 25.7 Å². The number of para-hydroxylation sites is 1. The van der Waals surface area contributed by atoms with Gasteiger partial charge < -0.3 is 10.3 Å². The summed E-state index contributed by atoms with van der Waals surface area (Å²) in [4.78, 5) is 17.8. The standard InChI is InChI=1S/C29H25N7S/c1-17(18-5-2-3-6-18)31-21-13-20(14-30-15-21)23-9-10-25-27(32-23)28(36-35-25)29-33-24-8-4-7-22(26(24)34-29)19-11-12-37-16-19/h4,7-16,18,31H,1-3,5-6H2,(H,33,34)(H,35,36). The Hall–Kier alpha value is -4.30. The molecule has 0 atom stereocenters. The second kappa shape index (κ2) is 8.97. The van der Waals surface area contributed by atoms with E-state index < -0.39 is 0 Å². The Bertz CT molecular complexity index is 1740. The minimum atomic E-state index is 0.538. The quantitative estimate of drug-likeness (QED) is 0.220. The van der Waals surface area contributed by atoms with Crippen LogP contribution in [0.15, 0.2) is 77.9 Å². The van der Waals surface area contributed by atoms with Crippen molar-refractivity contribution in [2.75, 3.05) is 5.32 Å². The maximum absolute atomic E-state index is 4.98. The zero-order chi connectivity index (χ0) is 24.8. The summed E-state index contributed by atoms with van der Waals surface area (Å²) in [6.07, 6.45) is 8.65. The molecule has 0 aliphatic heterocycles. The van der Waals surface area contributed by atoms with Gasteiger partial charge in [0.15, 0.2) is 11.5 Å². The van der Waals surface area contributed by atoms with Gasteiger partial charge in [0, 0.05) is 23.0 Å². The van der Waals surface area contributed by atoms with Crippen LogP contribution in [0.5, 0.6) is 0 Å². The highest BCUT2D eigenvalue weighted by Crippen LogP contribution is 2.34. The Morgan fingerprint density at radius 1 is 0.973 bits per heavy atom. The fraction of sp³-hybridized carbons (Fsp3) is 0.172. The number of nitrogens with zero attached hydrogens (tertiary/aromatic N) is 4. The van der Waals surface area contributed by atoms with E-state index in [2.05, 4.69) is 61.0 Å². The second-order valence-electron chi connectivity index (χ2n) is 9.56. The smallest absolute Gasteiger partial charge is 0.161 e. The number of thiophene rings is 1. The average Bonchev–Trinajstić information content (AvgIpc) is 3.74. The summed E-state index contributed by atoms with van der Waals surface area (Å²) < 4.78 is 0. The summed E-state index contributed by atoms with van der Waals surface area (Å²) in [5.41, 5.74) is 10.2. The Morgan fingerprint density at radius 2 is 1.89 bits per heavy atom. The highest BCUT2D eigenvalue weighted by Gasteiger charge is 2.19. The van der Waals surface area contributed by atoms with Crippen LogP contribution in [0.25, 0.3) is 56.0 Å². The van der Waals surface area contributed by atoms with Gasteiger partial charge in [-0.2, -0.15) is 16.4 Å². The van der Waals surface area contributed by atoms with Gasteiger partial charge in [0.05, 0.1) is 34.1 Å². The fourth-order valence-electron chi connectivity index (χ4n) is 5.23. The van der Waals surface area contributed by atoms with Crippen molar-refractivity contribution in [1.29, 1.82) is 0 Å². The van der Waals surface area contributed by atoms with E-state index in [9.17, 15) is 0 Å². The molecule has 0 bridgehead atoms. The zero-order valence-electron chi connectivity index (χ0n) is 20.2. The van der Waals surface area contributed by atoms with Gasteiger partial charge in [-0.3, -0.25) is 10.1 Å². The van der Waals surface area contributed by atoms with Crippen molar-refractivity contribution in [3.8, 4) is 33.9 Å². The predicted octanol–water partition coefficient (Wildman–Crippen LogP) is 7.41. The van der Waals surface area contributed by atoms with E-state index in [-0.39, 0.29) is 0 Å². The third-order valence-electron chi connectivity index (χ3n) is 7.16. The number of benzene rings is 1. The number of H-pyrrole nitrogens is 2. The van der Waals surface area contributed by atoms with Crippen LogP contribution in [0, 0.1) is 5.92 Å². The van der Waals surface area contributed by atoms with E-state index in [1.807, 2.05) is 36.7 Å². The lowest BCUT2D eigenvalue weighted by Crippen LogP contribution is -2.07. The molecule has 0 spiro atoms. The monoisotopic (exact) mass is 503 g/mol. The molecule has 1 saturated carbocycles. The number of aromatic amines is 2. The van der Waals surface area contributed by atoms with Crippen LogP contribution < -0.4 is 5.32 Å². The molecule has 1 aromatic carbocycles. The molecule has 0 saturated heterocycles. The van der Waals surface area contributed by atoms with E-state index in [0.29, 0.717) is 17.4 Å². The molecule has 5 heterocycles. The molecule has 6 aromatic rings. The number of nitrogens with one attached hydrogen (secondary N) is 3. The Labute approximate surface area is 217 Å². The predicted molar refractivity (Wildman–Crippen MR) is 150 cm³/mol. The topological polar surface area (TPSA) is 95.2 Å². The van der Waals surface area contributed by atoms with Crippen molar-refractivity contribution in [3.63, 3.8) is 0 Å². The molecule has 1 aliphatic carbocycles. The molecule has 7 nitrogen and oxygen atoms in total. The SMILES string of the molecule is C=C(Nc1cncc(-c2ccc3[nH]nc(-c4nc5c(-c6ccsc6)cccc5[nH]4)c3n2)c1)C1CCCC1. The van der Waals surface area contributed by atoms with Gasteiger partial charge in [0.2, 0.25) is 0 Å². The third kappa shape index (κ3) is 3.99. The minimum absolute atomic E-state index is 0.538. The van der Waals surface area contributed by atoms with E-state index in [0.717, 1.165) is 55.8 Å². The molecule has 0 amide bonds. The number of allylic oxidation sites excluding steroid dienone is 1. The van der Waals surface area contributed by atoms with Crippen molar-refractivity contribution in [2.24, 2.45) is 5.92 Å². The molecular weight excluding hydrogens is 478 g/mol. The maximum Gasteiger partial charge on any atom is 0.161 e. The summed E-state index contributed by atoms with van der Waals surface area (Å²) in [5.74, 6) is 1.23. The molecule has 3 N–H and O–H groups in total. The zero-order valence-corrected chi connectivity index (χ0v) is 21.0. The lowest BCUT2D eigenvalue weighted by atomic mass is 10.0. The molecule has 182 valence electrons. The van der Waals surface area contributed by atoms with Crippen LogP contribution in [-0.4, -0.2) is 30.1 Å². The summed E-state index contributed by atoms with van der Waals surface area (Å²) >= 11 is 1.68. The molecule has 1 aliphatic rings. The molecule has 8 heteroatoms. The molecule has 0 radical (unpaired) electrons. The van der Waals surface area contributed by atoms with Crippen molar-refractivity contribution in [3.05, 3.63) is 77.9 Å². The Morgan fingerprint density at radius 3 is 2.76 bits per heavy atom. The van der Waals surface area contributed by atoms with Gasteiger partial charge in [0.1, 0.15) is 5.52 Å². The molecule has 5 aromatic heterocycles. The molecule has 1 fully saturated rings. The van der Waals surface area contributed by atoms with Gasteiger partial charge in [-0.05, 0) is 65.4 Å². The first-order chi connectivity index (χ1) is 18.2. The number of hydrogen-bond acceptors (Lipinski definition) is 6. The normalized spacial score (nSPS) is 14.1. The van der Waals surface area contributed by atoms with Gasteiger partial charge in [-0.1, -0.05) is 31.6 Å². The number of pyridine rings is 2. The van der Waals surface area contributed by atoms with E-state index in [1.165, 1.54) is 25.7 Å². The van der Waals surface area contributed by atoms with Gasteiger partial charge in [-0.15, -0.1) is 0 Å². The van der Waals surface area contributed by atoms with Crippen molar-refractivity contribution < 1.29 is 0 Å². The van der Waals surface area contributed by atoms with Crippen LogP contribution in [0.3, 0.4) is 0 Å². The third-order valence-corrected chi connectivity index (χ3v) is 7.85. The van der Waals surface area contributed by atoms with Crippen LogP contribution in [-0.2, 0) is 0 Å². The molecule has 0 unspecified atom stereocenters. The molecule has 7 rings (SSSR count). The number of aromatic nitrogens is 6. The Kier molecular flexibility index (Phi) is 5.32. The van der Waals surface area contributed by atoms with Crippen LogP contribution in [0.4, 0.5) is 5.69 Å². The summed E-state index contributed by atoms with van der Waals surface area (Å²) in [5, 5.41) is 15.4. The van der Waals surface area contributed by atoms with Crippen LogP contribution >= 0.6 is 11.3 Å². The fourth-order valence-corrected chi connectivity index (χ4v) is 5.89. The van der Waals surface area contributed by atoms with E-state index >= 15 is 0 Å². The number of fused-ring (bicyclic) bond motifs is 2. The van der Waals surface area contributed by atoms with Gasteiger partial charge in [0.25, 0.3) is 0 Å². The van der Waals surface area contributed by atoms with E-state index in [4.69, 9.17) is 9.97 Å². The highest BCUT2D eigenvalue weighted by molar-refractivity contribution is 7.08. The molecular formula is C29H25N7S. The van der Waals surface area contributed by atoms with Crippen LogP contribution in [0.2, 0.25) is 0 Å². The number of rotatable bonds is 6. The first kappa shape index (κ1) is 21.9. The summed E-state index contributed by atoms with van der Waals surface area (Å²) in [7, 11) is 0. The first-order valence-corrected chi connectivity index (χ1v) is 13.5. The van der Waals surface area contributed by atoms with Gasteiger partial charge >= 0.3 is 0 Å². The summed E-state index contributed by atoms with van der Waals surface area (Å²) in [6.45, 7) is 4.28. The Balaban J connectivity index is 1.25. The molecule has 37 heavy (non-hydrogen) atoms. The highest BCUT2D eigenvalue weighted by atomic mass is 32.1. The number of anilines is 1. The average molecular weight is 504 g/mol. The number of hydrogen-bond donors (Lipinski definition) is 3. The lowest BCUT2D eigenvalue weighted by Gasteiger charge is -2.15. The number of imidazole rings is 1.